The molecule has 1 aromatic heterocycles. The summed E-state index contributed by atoms with van der Waals surface area (Å²) in [6.45, 7) is 3.13. The van der Waals surface area contributed by atoms with E-state index < -0.39 is 5.97 Å². The lowest BCUT2D eigenvalue weighted by molar-refractivity contribution is -0.132. The minimum absolute atomic E-state index is 0.284. The van der Waals surface area contributed by atoms with Gasteiger partial charge in [-0.05, 0) is 43.5 Å². The van der Waals surface area contributed by atoms with Crippen LogP contribution < -0.4 is 4.74 Å². The number of ether oxygens (including phenoxy) is 2. The van der Waals surface area contributed by atoms with Gasteiger partial charge in [-0.25, -0.2) is 9.78 Å². The molecule has 1 aliphatic carbocycles. The van der Waals surface area contributed by atoms with Gasteiger partial charge in [-0.2, -0.15) is 0 Å². The highest BCUT2D eigenvalue weighted by Crippen LogP contribution is 2.23. The van der Waals surface area contributed by atoms with Gasteiger partial charge in [0.1, 0.15) is 23.9 Å². The molecule has 138 valence electrons. The third-order valence-corrected chi connectivity index (χ3v) is 4.43. The van der Waals surface area contributed by atoms with E-state index in [0.29, 0.717) is 30.8 Å². The molecule has 0 saturated heterocycles. The highest BCUT2D eigenvalue weighted by Gasteiger charge is 2.14. The maximum atomic E-state index is 11.1. The van der Waals surface area contributed by atoms with E-state index in [9.17, 15) is 4.79 Å². The normalized spacial score (nSPS) is 14.1. The van der Waals surface area contributed by atoms with Crippen LogP contribution in [0.1, 0.15) is 38.4 Å². The van der Waals surface area contributed by atoms with Gasteiger partial charge in [0.2, 0.25) is 0 Å². The summed E-state index contributed by atoms with van der Waals surface area (Å²) in [5.74, 6) is 1.31. The Morgan fingerprint density at radius 3 is 2.96 bits per heavy atom. The number of benzene rings is 1. The van der Waals surface area contributed by atoms with Crippen molar-refractivity contribution in [1.82, 2.24) is 9.55 Å². The standard InChI is InChI=1S/C20H24N2O4/c1-3-4-10-25-16-8-9-17-18(12-16)22(2)19(21-17)13-26-15-7-5-6-14(11-15)20(23)24/h7-9,11-12H,3-6,10,13H2,1-2H3,(H,23,24). The SMILES string of the molecule is CCCCOc1ccc2nc(COC3=CCCC(C(=O)O)=C3)n(C)c2c1. The van der Waals surface area contributed by atoms with Gasteiger partial charge >= 0.3 is 5.97 Å². The fourth-order valence-corrected chi connectivity index (χ4v) is 2.86. The first kappa shape index (κ1) is 18.0. The van der Waals surface area contributed by atoms with Gasteiger partial charge in [0.25, 0.3) is 0 Å². The second-order valence-electron chi connectivity index (χ2n) is 6.35. The van der Waals surface area contributed by atoms with Crippen molar-refractivity contribution in [1.29, 1.82) is 0 Å². The van der Waals surface area contributed by atoms with E-state index in [1.807, 2.05) is 35.9 Å². The number of carboxylic acid groups (broad SMARTS) is 1. The number of nitrogens with zero attached hydrogens (tertiary/aromatic N) is 2. The second kappa shape index (κ2) is 8.08. The Kier molecular flexibility index (Phi) is 5.61. The molecule has 6 nitrogen and oxygen atoms in total. The monoisotopic (exact) mass is 356 g/mol. The number of aromatic nitrogens is 2. The molecule has 3 rings (SSSR count). The predicted molar refractivity (Wildman–Crippen MR) is 98.9 cm³/mol. The molecule has 1 N–H and O–H groups in total. The summed E-state index contributed by atoms with van der Waals surface area (Å²) >= 11 is 0. The molecular weight excluding hydrogens is 332 g/mol. The highest BCUT2D eigenvalue weighted by atomic mass is 16.5. The van der Waals surface area contributed by atoms with Crippen molar-refractivity contribution >= 4 is 17.0 Å². The van der Waals surface area contributed by atoms with Crippen LogP contribution in [0.4, 0.5) is 0 Å². The van der Waals surface area contributed by atoms with Gasteiger partial charge in [-0.3, -0.25) is 0 Å². The van der Waals surface area contributed by atoms with Crippen LogP contribution in [0.25, 0.3) is 11.0 Å². The minimum atomic E-state index is -0.891. The molecule has 0 saturated carbocycles. The molecule has 0 aliphatic heterocycles. The number of aliphatic carboxylic acids is 1. The lowest BCUT2D eigenvalue weighted by Crippen LogP contribution is -2.06. The van der Waals surface area contributed by atoms with Crippen molar-refractivity contribution in [3.8, 4) is 5.75 Å². The maximum absolute atomic E-state index is 11.1. The van der Waals surface area contributed by atoms with E-state index >= 15 is 0 Å². The van der Waals surface area contributed by atoms with E-state index in [0.717, 1.165) is 35.4 Å². The Bertz CT molecular complexity index is 864. The molecule has 0 atom stereocenters. The Hall–Kier alpha value is -2.76. The third kappa shape index (κ3) is 4.07. The molecule has 1 aromatic carbocycles. The van der Waals surface area contributed by atoms with E-state index in [-0.39, 0.29) is 6.61 Å². The molecule has 0 spiro atoms. The fraction of sp³-hybridized carbons (Fsp3) is 0.400. The smallest absolute Gasteiger partial charge is 0.331 e. The summed E-state index contributed by atoms with van der Waals surface area (Å²) in [6, 6.07) is 5.87. The Morgan fingerprint density at radius 1 is 1.35 bits per heavy atom. The number of carbonyl (C=O) groups is 1. The second-order valence-corrected chi connectivity index (χ2v) is 6.35. The number of rotatable bonds is 8. The lowest BCUT2D eigenvalue weighted by Gasteiger charge is -2.12. The summed E-state index contributed by atoms with van der Waals surface area (Å²) in [5, 5.41) is 9.10. The topological polar surface area (TPSA) is 73.6 Å². The van der Waals surface area contributed by atoms with Crippen molar-refractivity contribution in [2.45, 2.75) is 39.2 Å². The van der Waals surface area contributed by atoms with Crippen molar-refractivity contribution < 1.29 is 19.4 Å². The zero-order valence-electron chi connectivity index (χ0n) is 15.2. The number of carboxylic acids is 1. The Labute approximate surface area is 152 Å². The van der Waals surface area contributed by atoms with Crippen LogP contribution in [0, 0.1) is 0 Å². The number of fused-ring (bicyclic) bond motifs is 1. The minimum Gasteiger partial charge on any atom is -0.494 e. The largest absolute Gasteiger partial charge is 0.494 e. The fourth-order valence-electron chi connectivity index (χ4n) is 2.86. The number of unbranched alkanes of at least 4 members (excludes halogenated alkanes) is 1. The van der Waals surface area contributed by atoms with E-state index in [4.69, 9.17) is 14.6 Å². The molecular formula is C20H24N2O4. The van der Waals surface area contributed by atoms with E-state index in [1.54, 1.807) is 6.08 Å². The van der Waals surface area contributed by atoms with Crippen LogP contribution in [-0.2, 0) is 23.2 Å². The average Bonchev–Trinajstić information content (AvgIpc) is 2.96. The van der Waals surface area contributed by atoms with E-state index in [1.165, 1.54) is 0 Å². The first-order chi connectivity index (χ1) is 12.6. The first-order valence-electron chi connectivity index (χ1n) is 8.93. The maximum Gasteiger partial charge on any atom is 0.331 e. The van der Waals surface area contributed by atoms with Crippen LogP contribution in [0.3, 0.4) is 0 Å². The molecule has 6 heteroatoms. The predicted octanol–water partition coefficient (Wildman–Crippen LogP) is 3.96. The molecule has 0 fully saturated rings. The third-order valence-electron chi connectivity index (χ3n) is 4.43. The molecule has 0 unspecified atom stereocenters. The van der Waals surface area contributed by atoms with Crippen molar-refractivity contribution in [2.24, 2.45) is 7.05 Å². The molecule has 26 heavy (non-hydrogen) atoms. The van der Waals surface area contributed by atoms with Gasteiger partial charge in [0.05, 0.1) is 17.6 Å². The summed E-state index contributed by atoms with van der Waals surface area (Å²) in [6.07, 6.45) is 6.85. The quantitative estimate of drug-likeness (QED) is 0.725. The van der Waals surface area contributed by atoms with Gasteiger partial charge in [0, 0.05) is 18.7 Å². The van der Waals surface area contributed by atoms with Crippen LogP contribution in [-0.4, -0.2) is 27.2 Å². The number of allylic oxidation sites excluding steroid dienone is 2. The molecule has 0 amide bonds. The zero-order chi connectivity index (χ0) is 18.5. The van der Waals surface area contributed by atoms with Gasteiger partial charge in [-0.1, -0.05) is 13.3 Å². The van der Waals surface area contributed by atoms with Gasteiger partial charge in [0.15, 0.2) is 0 Å². The summed E-state index contributed by atoms with van der Waals surface area (Å²) in [4.78, 5) is 15.7. The summed E-state index contributed by atoms with van der Waals surface area (Å²) < 4.78 is 13.5. The van der Waals surface area contributed by atoms with Crippen molar-refractivity contribution in [2.75, 3.05) is 6.61 Å². The van der Waals surface area contributed by atoms with Crippen LogP contribution in [0.2, 0.25) is 0 Å². The van der Waals surface area contributed by atoms with E-state index in [2.05, 4.69) is 11.9 Å². The molecule has 0 radical (unpaired) electrons. The van der Waals surface area contributed by atoms with Gasteiger partial charge < -0.3 is 19.1 Å². The Morgan fingerprint density at radius 2 is 2.19 bits per heavy atom. The zero-order valence-corrected chi connectivity index (χ0v) is 15.2. The number of aryl methyl sites for hydroxylation is 1. The first-order valence-corrected chi connectivity index (χ1v) is 8.93. The highest BCUT2D eigenvalue weighted by molar-refractivity contribution is 5.87. The molecule has 2 aromatic rings. The Balaban J connectivity index is 1.71. The van der Waals surface area contributed by atoms with Crippen LogP contribution >= 0.6 is 0 Å². The molecule has 0 bridgehead atoms. The number of imidazole rings is 1. The van der Waals surface area contributed by atoms with Crippen LogP contribution in [0.15, 0.2) is 41.7 Å². The summed E-state index contributed by atoms with van der Waals surface area (Å²) in [7, 11) is 1.94. The lowest BCUT2D eigenvalue weighted by atomic mass is 10.0. The molecule has 1 heterocycles. The van der Waals surface area contributed by atoms with Crippen molar-refractivity contribution in [3.05, 3.63) is 47.5 Å². The van der Waals surface area contributed by atoms with Crippen LogP contribution in [0.5, 0.6) is 5.75 Å². The van der Waals surface area contributed by atoms with Crippen molar-refractivity contribution in [3.63, 3.8) is 0 Å². The molecule has 1 aliphatic rings. The average molecular weight is 356 g/mol. The number of hydrogen-bond acceptors (Lipinski definition) is 4. The summed E-state index contributed by atoms with van der Waals surface area (Å²) in [5.41, 5.74) is 2.24. The van der Waals surface area contributed by atoms with Gasteiger partial charge in [-0.15, -0.1) is 0 Å². The number of hydrogen-bond donors (Lipinski definition) is 1.